The van der Waals surface area contributed by atoms with E-state index >= 15 is 4.39 Å². The van der Waals surface area contributed by atoms with Crippen LogP contribution in [0.3, 0.4) is 0 Å². The van der Waals surface area contributed by atoms with Gasteiger partial charge in [0.25, 0.3) is 5.91 Å². The standard InChI is InChI=1S/C31H34FN5O6S/c32-27-22(2-1-21-23(27)13-37(30(21)40)25-3-4-26(38)34-29(25)39)24-11-18(12-35-9-6-31(7-10-35)16-43-17-31)20-5-8-36(28(20)33-24)19-14-44(41,42)15-19/h1-2,5,8,11,19,25,41-42H,3-4,6-7,9-10,12-17H2,(H,34,38,39). The number of rotatable bonds is 5. The zero-order chi connectivity index (χ0) is 30.4. The van der Waals surface area contributed by atoms with Gasteiger partial charge >= 0.3 is 0 Å². The summed E-state index contributed by atoms with van der Waals surface area (Å²) in [6, 6.07) is 6.17. The average Bonchev–Trinajstić information content (AvgIpc) is 3.53. The summed E-state index contributed by atoms with van der Waals surface area (Å²) in [5.74, 6) is -1.37. The van der Waals surface area contributed by atoms with Crippen LogP contribution in [0.15, 0.2) is 30.5 Å². The number of pyridine rings is 1. The van der Waals surface area contributed by atoms with E-state index in [-0.39, 0.29) is 59.5 Å². The second-order valence-electron chi connectivity index (χ2n) is 13.0. The molecule has 13 heteroatoms. The first-order chi connectivity index (χ1) is 21.1. The monoisotopic (exact) mass is 623 g/mol. The van der Waals surface area contributed by atoms with E-state index in [0.29, 0.717) is 23.3 Å². The third kappa shape index (κ3) is 4.55. The van der Waals surface area contributed by atoms with E-state index in [1.165, 1.54) is 4.90 Å². The smallest absolute Gasteiger partial charge is 0.255 e. The number of carbonyl (C=O) groups is 3. The minimum absolute atomic E-state index is 0.0647. The third-order valence-corrected chi connectivity index (χ3v) is 12.0. The first-order valence-electron chi connectivity index (χ1n) is 15.1. The molecule has 3 amide bonds. The third-order valence-electron chi connectivity index (χ3n) is 10.1. The molecule has 44 heavy (non-hydrogen) atoms. The van der Waals surface area contributed by atoms with Crippen molar-refractivity contribution in [2.24, 2.45) is 5.41 Å². The maximum atomic E-state index is 16.4. The molecule has 232 valence electrons. The number of imide groups is 1. The van der Waals surface area contributed by atoms with Crippen LogP contribution in [-0.4, -0.2) is 90.0 Å². The van der Waals surface area contributed by atoms with Gasteiger partial charge in [0.2, 0.25) is 11.8 Å². The Kier molecular flexibility index (Phi) is 6.44. The number of hydrogen-bond acceptors (Lipinski definition) is 8. The van der Waals surface area contributed by atoms with E-state index in [2.05, 4.69) is 10.2 Å². The second-order valence-corrected chi connectivity index (χ2v) is 15.3. The van der Waals surface area contributed by atoms with Gasteiger partial charge in [-0.3, -0.25) is 33.7 Å². The molecule has 4 saturated heterocycles. The lowest BCUT2D eigenvalue weighted by molar-refractivity contribution is -0.140. The van der Waals surface area contributed by atoms with Crippen LogP contribution in [0.5, 0.6) is 0 Å². The van der Waals surface area contributed by atoms with Gasteiger partial charge in [-0.25, -0.2) is 9.37 Å². The minimum atomic E-state index is -2.58. The number of halogens is 1. The second kappa shape index (κ2) is 10.1. The van der Waals surface area contributed by atoms with Gasteiger partial charge in [0.1, 0.15) is 17.5 Å². The number of aromatic nitrogens is 2. The van der Waals surface area contributed by atoms with Gasteiger partial charge in [-0.15, -0.1) is 0 Å². The van der Waals surface area contributed by atoms with Crippen molar-refractivity contribution >= 4 is 39.3 Å². The number of likely N-dealkylation sites (tertiary alicyclic amines) is 1. The number of nitrogens with one attached hydrogen (secondary N) is 1. The fourth-order valence-corrected chi connectivity index (χ4v) is 8.85. The number of piperidine rings is 2. The zero-order valence-electron chi connectivity index (χ0n) is 24.1. The Labute approximate surface area is 254 Å². The van der Waals surface area contributed by atoms with Crippen LogP contribution < -0.4 is 5.32 Å². The Balaban J connectivity index is 1.15. The molecular weight excluding hydrogens is 589 g/mol. The molecule has 11 nitrogen and oxygen atoms in total. The molecule has 1 spiro atoms. The molecule has 5 aliphatic heterocycles. The summed E-state index contributed by atoms with van der Waals surface area (Å²) in [5, 5.41) is 3.23. The number of nitrogens with zero attached hydrogens (tertiary/aromatic N) is 4. The number of benzene rings is 1. The van der Waals surface area contributed by atoms with Crippen molar-refractivity contribution in [2.75, 3.05) is 37.8 Å². The summed E-state index contributed by atoms with van der Waals surface area (Å²) in [5.41, 5.74) is 3.11. The summed E-state index contributed by atoms with van der Waals surface area (Å²) in [6.07, 6.45) is 4.40. The molecule has 0 radical (unpaired) electrons. The molecule has 3 aromatic rings. The van der Waals surface area contributed by atoms with Crippen LogP contribution in [0.2, 0.25) is 0 Å². The van der Waals surface area contributed by atoms with E-state index in [4.69, 9.17) is 9.72 Å². The van der Waals surface area contributed by atoms with Crippen molar-refractivity contribution in [3.05, 3.63) is 53.0 Å². The lowest BCUT2D eigenvalue weighted by atomic mass is 9.77. The van der Waals surface area contributed by atoms with Crippen LogP contribution in [0.1, 0.15) is 53.2 Å². The number of ether oxygens (including phenoxy) is 1. The molecule has 3 N–H and O–H groups in total. The quantitative estimate of drug-likeness (QED) is 0.368. The number of hydrogen-bond donors (Lipinski definition) is 3. The summed E-state index contributed by atoms with van der Waals surface area (Å²) in [7, 11) is -2.58. The van der Waals surface area contributed by atoms with E-state index in [1.807, 2.05) is 22.9 Å². The van der Waals surface area contributed by atoms with Gasteiger partial charge in [0.15, 0.2) is 0 Å². The van der Waals surface area contributed by atoms with Gasteiger partial charge in [0.05, 0.1) is 43.0 Å². The highest BCUT2D eigenvalue weighted by Crippen LogP contribution is 2.54. The van der Waals surface area contributed by atoms with E-state index in [0.717, 1.165) is 50.1 Å². The fourth-order valence-electron chi connectivity index (χ4n) is 7.40. The zero-order valence-corrected chi connectivity index (χ0v) is 24.9. The highest BCUT2D eigenvalue weighted by atomic mass is 32.3. The SMILES string of the molecule is O=C1CCC(N2Cc3c(ccc(-c4cc(CN5CCC6(CC5)COC6)c5ccn(C6CS(O)(O)C6)c5n4)c3F)C2=O)C(=O)N1. The van der Waals surface area contributed by atoms with Gasteiger partial charge in [-0.05, 0) is 62.2 Å². The Morgan fingerprint density at radius 1 is 1.09 bits per heavy atom. The normalized spacial score (nSPS) is 25.6. The lowest BCUT2D eigenvalue weighted by Gasteiger charge is -2.47. The van der Waals surface area contributed by atoms with Crippen molar-refractivity contribution in [2.45, 2.75) is 50.9 Å². The molecule has 8 rings (SSSR count). The molecule has 0 aliphatic carbocycles. The number of amides is 3. The van der Waals surface area contributed by atoms with Crippen molar-refractivity contribution < 1.29 is 32.6 Å². The summed E-state index contributed by atoms with van der Waals surface area (Å²) in [4.78, 5) is 46.1. The summed E-state index contributed by atoms with van der Waals surface area (Å²) >= 11 is 0. The van der Waals surface area contributed by atoms with Crippen molar-refractivity contribution in [3.8, 4) is 11.3 Å². The molecule has 1 unspecified atom stereocenters. The predicted octanol–water partition coefficient (Wildman–Crippen LogP) is 3.52. The largest absolute Gasteiger partial charge is 0.380 e. The van der Waals surface area contributed by atoms with Gasteiger partial charge < -0.3 is 14.2 Å². The maximum absolute atomic E-state index is 16.4. The van der Waals surface area contributed by atoms with Crippen LogP contribution in [0.4, 0.5) is 4.39 Å². The molecule has 5 aliphatic rings. The Hall–Kier alpha value is -3.36. The molecule has 7 heterocycles. The molecule has 4 fully saturated rings. The summed E-state index contributed by atoms with van der Waals surface area (Å²) in [6.45, 7) is 4.15. The molecule has 0 bridgehead atoms. The molecule has 1 atom stereocenters. The van der Waals surface area contributed by atoms with Crippen LogP contribution in [0, 0.1) is 11.2 Å². The molecule has 1 aromatic carbocycles. The first-order valence-corrected chi connectivity index (χ1v) is 17.0. The minimum Gasteiger partial charge on any atom is -0.380 e. The molecule has 0 saturated carbocycles. The highest BCUT2D eigenvalue weighted by molar-refractivity contribution is 8.25. The van der Waals surface area contributed by atoms with Gasteiger partial charge in [0, 0.05) is 46.7 Å². The van der Waals surface area contributed by atoms with Crippen molar-refractivity contribution in [3.63, 3.8) is 0 Å². The van der Waals surface area contributed by atoms with E-state index in [9.17, 15) is 23.5 Å². The average molecular weight is 624 g/mol. The summed E-state index contributed by atoms with van der Waals surface area (Å²) < 4.78 is 44.0. The van der Waals surface area contributed by atoms with E-state index < -0.39 is 34.3 Å². The predicted molar refractivity (Wildman–Crippen MR) is 161 cm³/mol. The number of fused-ring (bicyclic) bond motifs is 2. The van der Waals surface area contributed by atoms with Crippen molar-refractivity contribution in [1.29, 1.82) is 0 Å². The highest BCUT2D eigenvalue weighted by Gasteiger charge is 2.42. The fraction of sp³-hybridized carbons (Fsp3) is 0.484. The van der Waals surface area contributed by atoms with Gasteiger partial charge in [-0.2, -0.15) is 10.6 Å². The van der Waals surface area contributed by atoms with Crippen LogP contribution in [0.25, 0.3) is 22.3 Å². The lowest BCUT2D eigenvalue weighted by Crippen LogP contribution is -2.52. The molecular formula is C31H34FN5O6S. The maximum Gasteiger partial charge on any atom is 0.255 e. The van der Waals surface area contributed by atoms with Gasteiger partial charge in [-0.1, -0.05) is 0 Å². The van der Waals surface area contributed by atoms with Crippen molar-refractivity contribution in [1.82, 2.24) is 24.7 Å². The van der Waals surface area contributed by atoms with E-state index in [1.54, 1.807) is 12.1 Å². The topological polar surface area (TPSA) is 137 Å². The van der Waals surface area contributed by atoms with Crippen LogP contribution >= 0.6 is 10.6 Å². The molecule has 2 aromatic heterocycles. The number of carbonyl (C=O) groups excluding carboxylic acids is 3. The Morgan fingerprint density at radius 2 is 1.84 bits per heavy atom. The Bertz CT molecular complexity index is 1720. The first kappa shape index (κ1) is 28.1. The Morgan fingerprint density at radius 3 is 2.52 bits per heavy atom. The van der Waals surface area contributed by atoms with Crippen LogP contribution in [-0.2, 0) is 27.4 Å².